The molecule has 0 radical (unpaired) electrons. The Bertz CT molecular complexity index is 914. The molecule has 0 bridgehead atoms. The van der Waals surface area contributed by atoms with Crippen LogP contribution in [-0.2, 0) is 12.1 Å². The first-order valence-electron chi connectivity index (χ1n) is 9.08. The molecule has 1 aromatic carbocycles. The Hall–Kier alpha value is -1.97. The van der Waals surface area contributed by atoms with Crippen LogP contribution in [0.15, 0.2) is 55.4 Å². The standard InChI is InChI=1S/C20H22F2N4OS2/c1-14(16-5-7-23-8-6-16)10-28-29-15(2)20(27,11-26-13-24-12-25-26)18-9-17(21)3-4-19(18)22/h3-9,12-15,27H,10-11H2,1-2H3/t14?,15-,20-/m1/s1. The van der Waals surface area contributed by atoms with E-state index in [1.54, 1.807) is 30.1 Å². The van der Waals surface area contributed by atoms with Gasteiger partial charge in [0.2, 0.25) is 0 Å². The van der Waals surface area contributed by atoms with Gasteiger partial charge in [0.25, 0.3) is 0 Å². The number of rotatable bonds is 9. The average molecular weight is 437 g/mol. The summed E-state index contributed by atoms with van der Waals surface area (Å²) >= 11 is 0. The van der Waals surface area contributed by atoms with Gasteiger partial charge in [-0.15, -0.1) is 0 Å². The topological polar surface area (TPSA) is 63.8 Å². The van der Waals surface area contributed by atoms with Gasteiger partial charge >= 0.3 is 0 Å². The van der Waals surface area contributed by atoms with Gasteiger partial charge < -0.3 is 5.11 Å². The van der Waals surface area contributed by atoms with Crippen molar-refractivity contribution in [2.75, 3.05) is 5.75 Å². The second-order valence-corrected chi connectivity index (χ2v) is 9.60. The van der Waals surface area contributed by atoms with Gasteiger partial charge in [0.1, 0.15) is 29.9 Å². The highest BCUT2D eigenvalue weighted by Gasteiger charge is 2.40. The van der Waals surface area contributed by atoms with Crippen LogP contribution < -0.4 is 0 Å². The van der Waals surface area contributed by atoms with Crippen LogP contribution in [0.1, 0.15) is 30.9 Å². The van der Waals surface area contributed by atoms with Gasteiger partial charge in [-0.3, -0.25) is 4.98 Å². The first kappa shape index (κ1) is 21.7. The number of halogens is 2. The summed E-state index contributed by atoms with van der Waals surface area (Å²) in [5, 5.41) is 15.0. The molecule has 0 spiro atoms. The molecule has 3 aromatic rings. The monoisotopic (exact) mass is 436 g/mol. The van der Waals surface area contributed by atoms with Gasteiger partial charge in [-0.2, -0.15) is 5.10 Å². The summed E-state index contributed by atoms with van der Waals surface area (Å²) in [5.41, 5.74) is -0.581. The first-order chi connectivity index (χ1) is 13.9. The predicted octanol–water partition coefficient (Wildman–Crippen LogP) is 4.41. The predicted molar refractivity (Wildman–Crippen MR) is 112 cm³/mol. The van der Waals surface area contributed by atoms with E-state index in [1.165, 1.54) is 33.7 Å². The minimum absolute atomic E-state index is 0.0397. The Morgan fingerprint density at radius 3 is 2.59 bits per heavy atom. The zero-order valence-electron chi connectivity index (χ0n) is 16.1. The molecular weight excluding hydrogens is 414 g/mol. The Morgan fingerprint density at radius 2 is 1.90 bits per heavy atom. The molecule has 3 rings (SSSR count). The number of hydrogen-bond donors (Lipinski definition) is 1. The first-order valence-corrected chi connectivity index (χ1v) is 11.5. The summed E-state index contributed by atoms with van der Waals surface area (Å²) in [6, 6.07) is 7.07. The third kappa shape index (κ3) is 5.34. The summed E-state index contributed by atoms with van der Waals surface area (Å²) in [6.07, 6.45) is 6.30. The van der Waals surface area contributed by atoms with Crippen LogP contribution in [0.3, 0.4) is 0 Å². The van der Waals surface area contributed by atoms with Gasteiger partial charge in [-0.1, -0.05) is 28.5 Å². The van der Waals surface area contributed by atoms with Crippen molar-refractivity contribution >= 4 is 21.6 Å². The van der Waals surface area contributed by atoms with Crippen molar-refractivity contribution in [3.63, 3.8) is 0 Å². The molecule has 1 N–H and O–H groups in total. The van der Waals surface area contributed by atoms with E-state index in [2.05, 4.69) is 22.0 Å². The molecule has 3 atom stereocenters. The Kier molecular flexibility index (Phi) is 7.26. The van der Waals surface area contributed by atoms with Crippen LogP contribution in [-0.4, -0.2) is 35.9 Å². The van der Waals surface area contributed by atoms with E-state index in [1.807, 2.05) is 12.1 Å². The molecule has 0 aliphatic rings. The lowest BCUT2D eigenvalue weighted by atomic mass is 9.90. The van der Waals surface area contributed by atoms with Crippen molar-refractivity contribution in [2.24, 2.45) is 0 Å². The lowest BCUT2D eigenvalue weighted by Gasteiger charge is -2.34. The highest BCUT2D eigenvalue weighted by Crippen LogP contribution is 2.42. The molecule has 0 aliphatic carbocycles. The average Bonchev–Trinajstić information content (AvgIpc) is 3.23. The molecule has 0 amide bonds. The van der Waals surface area contributed by atoms with Gasteiger partial charge in [0.15, 0.2) is 0 Å². The summed E-state index contributed by atoms with van der Waals surface area (Å²) in [7, 11) is 3.02. The molecule has 29 heavy (non-hydrogen) atoms. The fourth-order valence-corrected chi connectivity index (χ4v) is 5.91. The second-order valence-electron chi connectivity index (χ2n) is 6.85. The molecule has 9 heteroatoms. The number of benzene rings is 1. The summed E-state index contributed by atoms with van der Waals surface area (Å²) < 4.78 is 29.8. The van der Waals surface area contributed by atoms with Crippen LogP contribution in [0.5, 0.6) is 0 Å². The van der Waals surface area contributed by atoms with E-state index >= 15 is 0 Å². The number of nitrogens with zero attached hydrogens (tertiary/aromatic N) is 4. The summed E-state index contributed by atoms with van der Waals surface area (Å²) in [4.78, 5) is 7.90. The fraction of sp³-hybridized carbons (Fsp3) is 0.350. The molecule has 154 valence electrons. The molecule has 2 aromatic heterocycles. The van der Waals surface area contributed by atoms with E-state index in [0.717, 1.165) is 24.0 Å². The van der Waals surface area contributed by atoms with Crippen molar-refractivity contribution in [3.05, 3.63) is 78.1 Å². The van der Waals surface area contributed by atoms with Crippen LogP contribution in [0.2, 0.25) is 0 Å². The van der Waals surface area contributed by atoms with E-state index < -0.39 is 22.5 Å². The number of aliphatic hydroxyl groups is 1. The summed E-state index contributed by atoms with van der Waals surface area (Å²) in [5.74, 6) is -0.174. The minimum Gasteiger partial charge on any atom is -0.382 e. The minimum atomic E-state index is -1.67. The van der Waals surface area contributed by atoms with Crippen molar-refractivity contribution in [1.82, 2.24) is 19.7 Å². The SMILES string of the molecule is CC(CSS[C@H](C)[C@](O)(Cn1cncn1)c1cc(F)ccc1F)c1ccncc1. The zero-order valence-corrected chi connectivity index (χ0v) is 17.7. The molecule has 0 aliphatic heterocycles. The zero-order chi connectivity index (χ0) is 20.9. The quantitative estimate of drug-likeness (QED) is 0.501. The number of pyridine rings is 1. The van der Waals surface area contributed by atoms with E-state index in [9.17, 15) is 13.9 Å². The molecule has 0 saturated carbocycles. The van der Waals surface area contributed by atoms with Crippen LogP contribution in [0.4, 0.5) is 8.78 Å². The molecule has 0 fully saturated rings. The lowest BCUT2D eigenvalue weighted by Crippen LogP contribution is -2.41. The molecular formula is C20H22F2N4OS2. The van der Waals surface area contributed by atoms with Gasteiger partial charge in [0, 0.05) is 29.0 Å². The highest BCUT2D eigenvalue weighted by atomic mass is 33.1. The maximum atomic E-state index is 14.5. The third-order valence-electron chi connectivity index (χ3n) is 4.74. The summed E-state index contributed by atoms with van der Waals surface area (Å²) in [6.45, 7) is 3.87. The van der Waals surface area contributed by atoms with Crippen molar-refractivity contribution in [2.45, 2.75) is 37.2 Å². The van der Waals surface area contributed by atoms with E-state index in [0.29, 0.717) is 0 Å². The Labute approximate surface area is 176 Å². The number of aromatic nitrogens is 4. The second kappa shape index (κ2) is 9.69. The van der Waals surface area contributed by atoms with Gasteiger partial charge in [-0.25, -0.2) is 18.4 Å². The smallest absolute Gasteiger partial charge is 0.137 e. The van der Waals surface area contributed by atoms with Crippen molar-refractivity contribution in [1.29, 1.82) is 0 Å². The van der Waals surface area contributed by atoms with Crippen LogP contribution >= 0.6 is 21.6 Å². The van der Waals surface area contributed by atoms with E-state index in [-0.39, 0.29) is 18.0 Å². The molecule has 0 saturated heterocycles. The number of hydrogen-bond acceptors (Lipinski definition) is 6. The molecule has 5 nitrogen and oxygen atoms in total. The van der Waals surface area contributed by atoms with Gasteiger partial charge in [0.05, 0.1) is 6.54 Å². The Morgan fingerprint density at radius 1 is 1.14 bits per heavy atom. The normalized spacial score (nSPS) is 15.6. The highest BCUT2D eigenvalue weighted by molar-refractivity contribution is 8.77. The largest absolute Gasteiger partial charge is 0.382 e. The van der Waals surface area contributed by atoms with Gasteiger partial charge in [-0.05, 0) is 48.7 Å². The Balaban J connectivity index is 1.75. The fourth-order valence-electron chi connectivity index (χ4n) is 2.93. The van der Waals surface area contributed by atoms with Crippen LogP contribution in [0.25, 0.3) is 0 Å². The lowest BCUT2D eigenvalue weighted by molar-refractivity contribution is 0.0134. The molecule has 1 unspecified atom stereocenters. The van der Waals surface area contributed by atoms with Crippen molar-refractivity contribution in [3.8, 4) is 0 Å². The molecule has 2 heterocycles. The third-order valence-corrected chi connectivity index (χ3v) is 7.88. The van der Waals surface area contributed by atoms with Crippen molar-refractivity contribution < 1.29 is 13.9 Å². The maximum absolute atomic E-state index is 14.5. The van der Waals surface area contributed by atoms with E-state index in [4.69, 9.17) is 0 Å². The maximum Gasteiger partial charge on any atom is 0.137 e. The van der Waals surface area contributed by atoms with Crippen LogP contribution in [0, 0.1) is 11.6 Å².